The standard InChI is InChI=1S/C23H29N3O7S/c1-4-33-19-7-5-18(6-8-19)26(16-23(28)25-13-11-24(17-27)12-14-25)34(29,30)20-9-10-21(31-2)22(15-20)32-3/h5-10,15,17H,4,11-14,16H2,1-3H3. The zero-order valence-corrected chi connectivity index (χ0v) is 20.3. The molecule has 1 heterocycles. The molecule has 0 N–H and O–H groups in total. The van der Waals surface area contributed by atoms with Crippen molar-refractivity contribution in [1.82, 2.24) is 9.80 Å². The summed E-state index contributed by atoms with van der Waals surface area (Å²) in [4.78, 5) is 27.2. The number of ether oxygens (including phenoxy) is 3. The van der Waals surface area contributed by atoms with Gasteiger partial charge in [-0.05, 0) is 43.3 Å². The molecule has 2 aromatic carbocycles. The highest BCUT2D eigenvalue weighted by Gasteiger charge is 2.31. The van der Waals surface area contributed by atoms with Crippen LogP contribution in [-0.2, 0) is 19.6 Å². The number of carbonyl (C=O) groups is 2. The molecule has 1 fully saturated rings. The number of carbonyl (C=O) groups excluding carboxylic acids is 2. The SMILES string of the molecule is CCOc1ccc(N(CC(=O)N2CCN(C=O)CC2)S(=O)(=O)c2ccc(OC)c(OC)c2)cc1. The van der Waals surface area contributed by atoms with Gasteiger partial charge in [-0.3, -0.25) is 13.9 Å². The highest BCUT2D eigenvalue weighted by atomic mass is 32.2. The van der Waals surface area contributed by atoms with Crippen molar-refractivity contribution in [3.05, 3.63) is 42.5 Å². The average molecular weight is 492 g/mol. The van der Waals surface area contributed by atoms with E-state index in [1.807, 2.05) is 6.92 Å². The van der Waals surface area contributed by atoms with Crippen LogP contribution < -0.4 is 18.5 Å². The van der Waals surface area contributed by atoms with Gasteiger partial charge in [-0.25, -0.2) is 8.42 Å². The summed E-state index contributed by atoms with van der Waals surface area (Å²) < 4.78 is 44.4. The van der Waals surface area contributed by atoms with Crippen LogP contribution >= 0.6 is 0 Å². The predicted octanol–water partition coefficient (Wildman–Crippen LogP) is 1.60. The van der Waals surface area contributed by atoms with Crippen LogP contribution in [0.25, 0.3) is 0 Å². The summed E-state index contributed by atoms with van der Waals surface area (Å²) in [7, 11) is -1.27. The zero-order chi connectivity index (χ0) is 24.7. The molecule has 0 aliphatic carbocycles. The second-order valence-electron chi connectivity index (χ2n) is 7.48. The van der Waals surface area contributed by atoms with Gasteiger partial charge in [-0.2, -0.15) is 0 Å². The van der Waals surface area contributed by atoms with E-state index in [2.05, 4.69) is 0 Å². The molecule has 3 rings (SSSR count). The molecule has 1 aliphatic rings. The number of methoxy groups -OCH3 is 2. The Morgan fingerprint density at radius 1 is 1.00 bits per heavy atom. The Hall–Kier alpha value is -3.47. The monoisotopic (exact) mass is 491 g/mol. The summed E-state index contributed by atoms with van der Waals surface area (Å²) in [6, 6.07) is 10.8. The minimum Gasteiger partial charge on any atom is -0.494 e. The van der Waals surface area contributed by atoms with E-state index in [9.17, 15) is 18.0 Å². The number of benzene rings is 2. The van der Waals surface area contributed by atoms with Crippen LogP contribution in [0.2, 0.25) is 0 Å². The Labute approximate surface area is 199 Å². The number of amides is 2. The average Bonchev–Trinajstić information content (AvgIpc) is 2.87. The van der Waals surface area contributed by atoms with Gasteiger partial charge in [0.1, 0.15) is 12.3 Å². The second-order valence-corrected chi connectivity index (χ2v) is 9.34. The van der Waals surface area contributed by atoms with Crippen LogP contribution in [0.5, 0.6) is 17.2 Å². The Bertz CT molecular complexity index is 1100. The van der Waals surface area contributed by atoms with Crippen molar-refractivity contribution in [2.45, 2.75) is 11.8 Å². The van der Waals surface area contributed by atoms with Crippen molar-refractivity contribution in [3.63, 3.8) is 0 Å². The lowest BCUT2D eigenvalue weighted by Crippen LogP contribution is -2.51. The molecule has 0 bridgehead atoms. The molecular formula is C23H29N3O7S. The van der Waals surface area contributed by atoms with E-state index in [-0.39, 0.29) is 16.6 Å². The molecule has 0 saturated carbocycles. The molecule has 1 aliphatic heterocycles. The number of sulfonamides is 1. The number of hydrogen-bond acceptors (Lipinski definition) is 7. The number of piperazine rings is 1. The first-order valence-corrected chi connectivity index (χ1v) is 12.2. The summed E-state index contributed by atoms with van der Waals surface area (Å²) in [5.74, 6) is 0.874. The van der Waals surface area contributed by atoms with Gasteiger partial charge in [0.15, 0.2) is 11.5 Å². The smallest absolute Gasteiger partial charge is 0.264 e. The van der Waals surface area contributed by atoms with E-state index >= 15 is 0 Å². The van der Waals surface area contributed by atoms with Crippen molar-refractivity contribution < 1.29 is 32.2 Å². The molecule has 2 aromatic rings. The molecule has 0 radical (unpaired) electrons. The van der Waals surface area contributed by atoms with Crippen molar-refractivity contribution in [2.24, 2.45) is 0 Å². The van der Waals surface area contributed by atoms with Gasteiger partial charge in [-0.1, -0.05) is 0 Å². The third kappa shape index (κ3) is 5.53. The molecule has 0 aromatic heterocycles. The number of rotatable bonds is 10. The fourth-order valence-electron chi connectivity index (χ4n) is 3.59. The second kappa shape index (κ2) is 11.1. The lowest BCUT2D eigenvalue weighted by atomic mass is 10.3. The van der Waals surface area contributed by atoms with Crippen molar-refractivity contribution in [1.29, 1.82) is 0 Å². The maximum absolute atomic E-state index is 13.7. The Kier molecular flexibility index (Phi) is 8.21. The molecule has 2 amide bonds. The first-order valence-electron chi connectivity index (χ1n) is 10.8. The van der Waals surface area contributed by atoms with Crippen molar-refractivity contribution in [3.8, 4) is 17.2 Å². The van der Waals surface area contributed by atoms with Gasteiger partial charge in [0.2, 0.25) is 12.3 Å². The molecule has 10 nitrogen and oxygen atoms in total. The van der Waals surface area contributed by atoms with Gasteiger partial charge in [0.05, 0.1) is 31.4 Å². The predicted molar refractivity (Wildman–Crippen MR) is 126 cm³/mol. The molecule has 0 spiro atoms. The fourth-order valence-corrected chi connectivity index (χ4v) is 5.02. The lowest BCUT2D eigenvalue weighted by Gasteiger charge is -2.34. The summed E-state index contributed by atoms with van der Waals surface area (Å²) in [6.07, 6.45) is 0.746. The van der Waals surface area contributed by atoms with E-state index in [1.165, 1.54) is 32.4 Å². The van der Waals surface area contributed by atoms with Gasteiger partial charge in [0, 0.05) is 32.2 Å². The zero-order valence-electron chi connectivity index (χ0n) is 19.5. The van der Waals surface area contributed by atoms with E-state index in [4.69, 9.17) is 14.2 Å². The number of anilines is 1. The van der Waals surface area contributed by atoms with Gasteiger partial charge in [-0.15, -0.1) is 0 Å². The van der Waals surface area contributed by atoms with Gasteiger partial charge < -0.3 is 24.0 Å². The van der Waals surface area contributed by atoms with E-state index in [0.29, 0.717) is 50.0 Å². The van der Waals surface area contributed by atoms with Gasteiger partial charge >= 0.3 is 0 Å². The summed E-state index contributed by atoms with van der Waals surface area (Å²) in [5, 5.41) is 0. The number of hydrogen-bond donors (Lipinski definition) is 0. The Morgan fingerprint density at radius 2 is 1.65 bits per heavy atom. The maximum atomic E-state index is 13.7. The largest absolute Gasteiger partial charge is 0.494 e. The highest BCUT2D eigenvalue weighted by Crippen LogP contribution is 2.32. The van der Waals surface area contributed by atoms with E-state index in [0.717, 1.165) is 10.7 Å². The summed E-state index contributed by atoms with van der Waals surface area (Å²) in [6.45, 7) is 3.41. The summed E-state index contributed by atoms with van der Waals surface area (Å²) >= 11 is 0. The van der Waals surface area contributed by atoms with Crippen molar-refractivity contribution >= 4 is 28.0 Å². The van der Waals surface area contributed by atoms with Crippen LogP contribution in [-0.4, -0.2) is 84.1 Å². The topological polar surface area (TPSA) is 106 Å². The van der Waals surface area contributed by atoms with E-state index in [1.54, 1.807) is 34.1 Å². The molecule has 184 valence electrons. The Balaban J connectivity index is 1.95. The number of nitrogens with zero attached hydrogens (tertiary/aromatic N) is 3. The molecule has 0 atom stereocenters. The normalized spacial score (nSPS) is 13.9. The van der Waals surface area contributed by atoms with E-state index < -0.39 is 16.6 Å². The quantitative estimate of drug-likeness (QED) is 0.465. The summed E-state index contributed by atoms with van der Waals surface area (Å²) in [5.41, 5.74) is 0.318. The highest BCUT2D eigenvalue weighted by molar-refractivity contribution is 7.92. The van der Waals surface area contributed by atoms with Crippen LogP contribution in [0.1, 0.15) is 6.92 Å². The molecule has 0 unspecified atom stereocenters. The minimum absolute atomic E-state index is 0.0439. The molecular weight excluding hydrogens is 462 g/mol. The Morgan fingerprint density at radius 3 is 2.21 bits per heavy atom. The van der Waals surface area contributed by atoms with Crippen LogP contribution in [0, 0.1) is 0 Å². The maximum Gasteiger partial charge on any atom is 0.264 e. The lowest BCUT2D eigenvalue weighted by molar-refractivity contribution is -0.133. The first kappa shape index (κ1) is 25.2. The van der Waals surface area contributed by atoms with Crippen LogP contribution in [0.4, 0.5) is 5.69 Å². The third-order valence-electron chi connectivity index (χ3n) is 5.47. The fraction of sp³-hybridized carbons (Fsp3) is 0.391. The third-order valence-corrected chi connectivity index (χ3v) is 7.24. The minimum atomic E-state index is -4.14. The van der Waals surface area contributed by atoms with Gasteiger partial charge in [0.25, 0.3) is 10.0 Å². The molecule has 11 heteroatoms. The molecule has 1 saturated heterocycles. The first-order chi connectivity index (χ1) is 16.3. The molecule has 34 heavy (non-hydrogen) atoms. The van der Waals surface area contributed by atoms with Crippen LogP contribution in [0.15, 0.2) is 47.4 Å². The van der Waals surface area contributed by atoms with Crippen molar-refractivity contribution in [2.75, 3.05) is 57.9 Å². The van der Waals surface area contributed by atoms with Crippen LogP contribution in [0.3, 0.4) is 0 Å².